The second-order valence-corrected chi connectivity index (χ2v) is 4.64. The molecule has 0 saturated heterocycles. The zero-order valence-electron chi connectivity index (χ0n) is 11.1. The lowest BCUT2D eigenvalue weighted by atomic mass is 9.99. The quantitative estimate of drug-likeness (QED) is 0.881. The van der Waals surface area contributed by atoms with Crippen LogP contribution >= 0.6 is 0 Å². The number of nitrogens with zero attached hydrogens (tertiary/aromatic N) is 1. The Hall–Kier alpha value is -2.27. The van der Waals surface area contributed by atoms with E-state index in [0.717, 1.165) is 12.0 Å². The third-order valence-electron chi connectivity index (χ3n) is 3.21. The van der Waals surface area contributed by atoms with Crippen molar-refractivity contribution in [2.75, 3.05) is 0 Å². The second-order valence-electron chi connectivity index (χ2n) is 4.64. The molecule has 0 fully saturated rings. The van der Waals surface area contributed by atoms with Crippen LogP contribution in [0.4, 0.5) is 0 Å². The first-order valence-corrected chi connectivity index (χ1v) is 6.57. The topological polar surface area (TPSA) is 44.0 Å². The van der Waals surface area contributed by atoms with Crippen LogP contribution < -0.4 is 0 Å². The molecule has 0 aliphatic carbocycles. The average molecular weight is 251 g/mol. The van der Waals surface area contributed by atoms with E-state index in [4.69, 9.17) is 5.26 Å². The molecule has 0 atom stereocenters. The van der Waals surface area contributed by atoms with Crippen LogP contribution in [0.1, 0.15) is 30.9 Å². The van der Waals surface area contributed by atoms with E-state index in [1.807, 2.05) is 12.1 Å². The summed E-state index contributed by atoms with van der Waals surface area (Å²) in [5.41, 5.74) is 3.51. The molecular weight excluding hydrogens is 234 g/mol. The van der Waals surface area contributed by atoms with Gasteiger partial charge in [-0.1, -0.05) is 37.6 Å². The number of aromatic hydroxyl groups is 1. The van der Waals surface area contributed by atoms with Gasteiger partial charge in [0.15, 0.2) is 0 Å². The Balaban J connectivity index is 2.29. The van der Waals surface area contributed by atoms with Crippen LogP contribution in [0, 0.1) is 11.3 Å². The fourth-order valence-corrected chi connectivity index (χ4v) is 2.07. The van der Waals surface area contributed by atoms with Crippen molar-refractivity contribution in [3.63, 3.8) is 0 Å². The molecule has 0 saturated carbocycles. The highest BCUT2D eigenvalue weighted by atomic mass is 16.3. The molecule has 2 nitrogen and oxygen atoms in total. The number of benzene rings is 2. The number of hydrogen-bond acceptors (Lipinski definition) is 2. The maximum absolute atomic E-state index is 9.89. The van der Waals surface area contributed by atoms with E-state index in [1.165, 1.54) is 18.4 Å². The molecule has 2 aromatic rings. The van der Waals surface area contributed by atoms with Gasteiger partial charge in [0.2, 0.25) is 0 Å². The molecule has 1 N–H and O–H groups in total. The maximum Gasteiger partial charge on any atom is 0.123 e. The third kappa shape index (κ3) is 3.14. The molecule has 0 radical (unpaired) electrons. The van der Waals surface area contributed by atoms with Crippen LogP contribution in [0.5, 0.6) is 5.75 Å². The smallest absolute Gasteiger partial charge is 0.123 e. The number of nitriles is 1. The zero-order valence-corrected chi connectivity index (χ0v) is 11.1. The van der Waals surface area contributed by atoms with Crippen molar-refractivity contribution in [3.8, 4) is 22.9 Å². The molecule has 2 heteroatoms. The zero-order chi connectivity index (χ0) is 13.7. The van der Waals surface area contributed by atoms with Crippen molar-refractivity contribution in [3.05, 3.63) is 53.6 Å². The van der Waals surface area contributed by atoms with Gasteiger partial charge in [-0.25, -0.2) is 0 Å². The molecule has 0 amide bonds. The minimum atomic E-state index is 0.209. The molecule has 2 rings (SSSR count). The summed E-state index contributed by atoms with van der Waals surface area (Å²) in [6, 6.07) is 15.2. The Bertz CT molecular complexity index is 594. The molecule has 0 unspecified atom stereocenters. The maximum atomic E-state index is 9.89. The van der Waals surface area contributed by atoms with E-state index in [1.54, 1.807) is 18.2 Å². The average Bonchev–Trinajstić information content (AvgIpc) is 2.46. The van der Waals surface area contributed by atoms with Gasteiger partial charge in [0.05, 0.1) is 11.6 Å². The molecule has 19 heavy (non-hydrogen) atoms. The standard InChI is InChI=1S/C17H17NO/c1-2-3-4-13-5-8-15(9-6-13)16-11-14(12-18)7-10-17(16)19/h5-11,19H,2-4H2,1H3. The highest BCUT2D eigenvalue weighted by molar-refractivity contribution is 5.71. The Morgan fingerprint density at radius 1 is 1.11 bits per heavy atom. The summed E-state index contributed by atoms with van der Waals surface area (Å²) in [6.45, 7) is 2.18. The van der Waals surface area contributed by atoms with Crippen molar-refractivity contribution in [1.82, 2.24) is 0 Å². The van der Waals surface area contributed by atoms with Crippen LogP contribution in [0.15, 0.2) is 42.5 Å². The van der Waals surface area contributed by atoms with E-state index >= 15 is 0 Å². The lowest BCUT2D eigenvalue weighted by Crippen LogP contribution is -1.86. The van der Waals surface area contributed by atoms with E-state index < -0.39 is 0 Å². The normalized spacial score (nSPS) is 10.1. The molecule has 0 aromatic heterocycles. The van der Waals surface area contributed by atoms with E-state index in [2.05, 4.69) is 25.1 Å². The van der Waals surface area contributed by atoms with Crippen LogP contribution in [0.2, 0.25) is 0 Å². The van der Waals surface area contributed by atoms with Crippen molar-refractivity contribution in [2.24, 2.45) is 0 Å². The van der Waals surface area contributed by atoms with Crippen LogP contribution in [-0.4, -0.2) is 5.11 Å². The molecular formula is C17H17NO. The Morgan fingerprint density at radius 2 is 1.84 bits per heavy atom. The summed E-state index contributed by atoms with van der Waals surface area (Å²) >= 11 is 0. The SMILES string of the molecule is CCCCc1ccc(-c2cc(C#N)ccc2O)cc1. The van der Waals surface area contributed by atoms with E-state index in [0.29, 0.717) is 11.1 Å². The highest BCUT2D eigenvalue weighted by Gasteiger charge is 2.05. The van der Waals surface area contributed by atoms with Gasteiger partial charge in [0.1, 0.15) is 5.75 Å². The molecule has 96 valence electrons. The minimum absolute atomic E-state index is 0.209. The summed E-state index contributed by atoms with van der Waals surface area (Å²) in [5, 5.41) is 18.8. The third-order valence-corrected chi connectivity index (χ3v) is 3.21. The summed E-state index contributed by atoms with van der Waals surface area (Å²) in [7, 11) is 0. The number of unbranched alkanes of at least 4 members (excludes halogenated alkanes) is 1. The molecule has 0 heterocycles. The van der Waals surface area contributed by atoms with Gasteiger partial charge in [-0.05, 0) is 42.2 Å². The number of rotatable bonds is 4. The fraction of sp³-hybridized carbons (Fsp3) is 0.235. The minimum Gasteiger partial charge on any atom is -0.507 e. The van der Waals surface area contributed by atoms with Gasteiger partial charge < -0.3 is 5.11 Å². The largest absolute Gasteiger partial charge is 0.507 e. The molecule has 0 aliphatic rings. The Labute approximate surface area is 114 Å². The van der Waals surface area contributed by atoms with Gasteiger partial charge in [-0.15, -0.1) is 0 Å². The number of phenols is 1. The number of phenolic OH excluding ortho intramolecular Hbond substituents is 1. The van der Waals surface area contributed by atoms with Gasteiger partial charge in [0, 0.05) is 5.56 Å². The monoisotopic (exact) mass is 251 g/mol. The van der Waals surface area contributed by atoms with Gasteiger partial charge in [0.25, 0.3) is 0 Å². The molecule has 0 spiro atoms. The van der Waals surface area contributed by atoms with Gasteiger partial charge >= 0.3 is 0 Å². The molecule has 0 aliphatic heterocycles. The highest BCUT2D eigenvalue weighted by Crippen LogP contribution is 2.30. The molecule has 2 aromatic carbocycles. The predicted molar refractivity (Wildman–Crippen MR) is 76.9 cm³/mol. The Morgan fingerprint density at radius 3 is 2.47 bits per heavy atom. The summed E-state index contributed by atoms with van der Waals surface area (Å²) in [4.78, 5) is 0. The Kier molecular flexibility index (Phi) is 4.20. The van der Waals surface area contributed by atoms with Gasteiger partial charge in [-0.3, -0.25) is 0 Å². The van der Waals surface area contributed by atoms with E-state index in [9.17, 15) is 5.11 Å². The number of hydrogen-bond donors (Lipinski definition) is 1. The van der Waals surface area contributed by atoms with Crippen LogP contribution in [-0.2, 0) is 6.42 Å². The van der Waals surface area contributed by atoms with E-state index in [-0.39, 0.29) is 5.75 Å². The number of aryl methyl sites for hydroxylation is 1. The second kappa shape index (κ2) is 6.06. The first kappa shape index (κ1) is 13.2. The summed E-state index contributed by atoms with van der Waals surface area (Å²) in [5.74, 6) is 0.209. The van der Waals surface area contributed by atoms with Crippen molar-refractivity contribution in [1.29, 1.82) is 5.26 Å². The van der Waals surface area contributed by atoms with Crippen LogP contribution in [0.25, 0.3) is 11.1 Å². The fourth-order valence-electron chi connectivity index (χ4n) is 2.07. The first-order valence-electron chi connectivity index (χ1n) is 6.57. The van der Waals surface area contributed by atoms with Crippen molar-refractivity contribution in [2.45, 2.75) is 26.2 Å². The lowest BCUT2D eigenvalue weighted by molar-refractivity contribution is 0.477. The lowest BCUT2D eigenvalue weighted by Gasteiger charge is -2.07. The summed E-state index contributed by atoms with van der Waals surface area (Å²) in [6.07, 6.45) is 3.46. The van der Waals surface area contributed by atoms with Crippen LogP contribution in [0.3, 0.4) is 0 Å². The first-order chi connectivity index (χ1) is 9.24. The molecule has 0 bridgehead atoms. The van der Waals surface area contributed by atoms with Crippen molar-refractivity contribution < 1.29 is 5.11 Å². The van der Waals surface area contributed by atoms with Crippen molar-refractivity contribution >= 4 is 0 Å². The predicted octanol–water partition coefficient (Wildman–Crippen LogP) is 4.27. The van der Waals surface area contributed by atoms with Gasteiger partial charge in [-0.2, -0.15) is 5.26 Å². The summed E-state index contributed by atoms with van der Waals surface area (Å²) < 4.78 is 0.